The number of hydrogen-bond acceptors (Lipinski definition) is 2. The van der Waals surface area contributed by atoms with Gasteiger partial charge in [0.15, 0.2) is 0 Å². The summed E-state index contributed by atoms with van der Waals surface area (Å²) in [5.74, 6) is 0.0657. The predicted molar refractivity (Wildman–Crippen MR) is 56.4 cm³/mol. The van der Waals surface area contributed by atoms with Crippen molar-refractivity contribution < 1.29 is 9.18 Å². The first-order chi connectivity index (χ1) is 7.24. The van der Waals surface area contributed by atoms with E-state index in [0.29, 0.717) is 25.6 Å². The Morgan fingerprint density at radius 2 is 2.07 bits per heavy atom. The molecule has 0 spiro atoms. The summed E-state index contributed by atoms with van der Waals surface area (Å²) in [6.45, 7) is 1.52. The van der Waals surface area contributed by atoms with E-state index >= 15 is 0 Å². The summed E-state index contributed by atoms with van der Waals surface area (Å²) in [5, 5.41) is 3.02. The summed E-state index contributed by atoms with van der Waals surface area (Å²) < 4.78 is 12.9. The molecule has 3 nitrogen and oxygen atoms in total. The lowest BCUT2D eigenvalue weighted by atomic mass is 10.2. The number of carbonyl (C=O) groups excluding carboxylic acids is 1. The van der Waals surface area contributed by atoms with E-state index in [9.17, 15) is 9.18 Å². The minimum Gasteiger partial charge on any atom is -0.352 e. The van der Waals surface area contributed by atoms with E-state index in [-0.39, 0.29) is 5.91 Å². The molecule has 1 atom stereocenters. The van der Waals surface area contributed by atoms with Crippen LogP contribution in [0.5, 0.6) is 0 Å². The molecule has 1 unspecified atom stereocenters. The number of alkyl halides is 1. The number of amides is 1. The van der Waals surface area contributed by atoms with Gasteiger partial charge in [-0.3, -0.25) is 9.69 Å². The number of rotatable bonds is 3. The SMILES string of the molecule is O=C(CN1CCC(F)C1)NC1CCCC1. The average Bonchev–Trinajstić information content (AvgIpc) is 2.77. The molecule has 1 amide bonds. The first-order valence-electron chi connectivity index (χ1n) is 5.90. The topological polar surface area (TPSA) is 32.3 Å². The Kier molecular flexibility index (Phi) is 3.57. The van der Waals surface area contributed by atoms with Crippen LogP contribution in [0.4, 0.5) is 4.39 Å². The van der Waals surface area contributed by atoms with E-state index in [1.54, 1.807) is 0 Å². The van der Waals surface area contributed by atoms with E-state index < -0.39 is 6.17 Å². The molecule has 1 aliphatic heterocycles. The van der Waals surface area contributed by atoms with Crippen molar-refractivity contribution in [1.82, 2.24) is 10.2 Å². The smallest absolute Gasteiger partial charge is 0.234 e. The van der Waals surface area contributed by atoms with Gasteiger partial charge in [-0.1, -0.05) is 12.8 Å². The highest BCUT2D eigenvalue weighted by Gasteiger charge is 2.24. The normalized spacial score (nSPS) is 28.5. The summed E-state index contributed by atoms with van der Waals surface area (Å²) in [5.41, 5.74) is 0. The summed E-state index contributed by atoms with van der Waals surface area (Å²) in [6.07, 6.45) is 4.51. The second-order valence-corrected chi connectivity index (χ2v) is 4.67. The lowest BCUT2D eigenvalue weighted by Gasteiger charge is -2.17. The van der Waals surface area contributed by atoms with Crippen LogP contribution in [-0.4, -0.2) is 42.7 Å². The van der Waals surface area contributed by atoms with E-state index in [1.807, 2.05) is 4.90 Å². The standard InChI is InChI=1S/C11H19FN2O/c12-9-5-6-14(7-9)8-11(15)13-10-3-1-2-4-10/h9-10H,1-8H2,(H,13,15). The molecule has 1 saturated heterocycles. The molecule has 2 rings (SSSR count). The van der Waals surface area contributed by atoms with Crippen LogP contribution in [0.25, 0.3) is 0 Å². The Bertz CT molecular complexity index is 229. The monoisotopic (exact) mass is 214 g/mol. The van der Waals surface area contributed by atoms with E-state index in [4.69, 9.17) is 0 Å². The Morgan fingerprint density at radius 3 is 2.67 bits per heavy atom. The van der Waals surface area contributed by atoms with Gasteiger partial charge in [0.05, 0.1) is 6.54 Å². The fourth-order valence-electron chi connectivity index (χ4n) is 2.48. The molecule has 15 heavy (non-hydrogen) atoms. The van der Waals surface area contributed by atoms with E-state index in [2.05, 4.69) is 5.32 Å². The first kappa shape index (κ1) is 10.9. The fourth-order valence-corrected chi connectivity index (χ4v) is 2.48. The number of likely N-dealkylation sites (tertiary alicyclic amines) is 1. The third-order valence-corrected chi connectivity index (χ3v) is 3.30. The summed E-state index contributed by atoms with van der Waals surface area (Å²) >= 11 is 0. The van der Waals surface area contributed by atoms with Gasteiger partial charge in [0.2, 0.25) is 5.91 Å². The van der Waals surface area contributed by atoms with E-state index in [0.717, 1.165) is 19.4 Å². The van der Waals surface area contributed by atoms with Crippen molar-refractivity contribution in [3.63, 3.8) is 0 Å². The van der Waals surface area contributed by atoms with Gasteiger partial charge < -0.3 is 5.32 Å². The lowest BCUT2D eigenvalue weighted by Crippen LogP contribution is -2.40. The van der Waals surface area contributed by atoms with Crippen molar-refractivity contribution in [3.05, 3.63) is 0 Å². The highest BCUT2D eigenvalue weighted by atomic mass is 19.1. The van der Waals surface area contributed by atoms with Crippen LogP contribution in [-0.2, 0) is 4.79 Å². The van der Waals surface area contributed by atoms with Crippen molar-refractivity contribution in [2.24, 2.45) is 0 Å². The van der Waals surface area contributed by atoms with Crippen LogP contribution in [0.15, 0.2) is 0 Å². The predicted octanol–water partition coefficient (Wildman–Crippen LogP) is 1.09. The molecule has 1 heterocycles. The van der Waals surface area contributed by atoms with Crippen LogP contribution < -0.4 is 5.32 Å². The van der Waals surface area contributed by atoms with Gasteiger partial charge in [-0.25, -0.2) is 4.39 Å². The van der Waals surface area contributed by atoms with Crippen molar-refractivity contribution in [2.45, 2.75) is 44.3 Å². The Hall–Kier alpha value is -0.640. The van der Waals surface area contributed by atoms with Crippen LogP contribution in [0.3, 0.4) is 0 Å². The van der Waals surface area contributed by atoms with Crippen molar-refractivity contribution in [2.75, 3.05) is 19.6 Å². The molecule has 1 N–H and O–H groups in total. The average molecular weight is 214 g/mol. The zero-order chi connectivity index (χ0) is 10.7. The number of hydrogen-bond donors (Lipinski definition) is 1. The third kappa shape index (κ3) is 3.16. The molecule has 86 valence electrons. The maximum absolute atomic E-state index is 12.9. The van der Waals surface area contributed by atoms with Gasteiger partial charge in [0, 0.05) is 19.1 Å². The molecular formula is C11H19FN2O. The molecule has 0 aromatic rings. The van der Waals surface area contributed by atoms with Crippen molar-refractivity contribution >= 4 is 5.91 Å². The van der Waals surface area contributed by atoms with Gasteiger partial charge in [-0.05, 0) is 19.3 Å². The molecule has 1 saturated carbocycles. The number of carbonyl (C=O) groups is 1. The molecule has 4 heteroatoms. The molecule has 1 aliphatic carbocycles. The van der Waals surface area contributed by atoms with Gasteiger partial charge in [-0.2, -0.15) is 0 Å². The first-order valence-corrected chi connectivity index (χ1v) is 5.90. The zero-order valence-electron chi connectivity index (χ0n) is 9.04. The van der Waals surface area contributed by atoms with Crippen molar-refractivity contribution in [1.29, 1.82) is 0 Å². The molecule has 0 radical (unpaired) electrons. The Labute approximate surface area is 90.0 Å². The number of halogens is 1. The molecule has 2 fully saturated rings. The van der Waals surface area contributed by atoms with Crippen LogP contribution in [0, 0.1) is 0 Å². The second-order valence-electron chi connectivity index (χ2n) is 4.67. The number of nitrogens with zero attached hydrogens (tertiary/aromatic N) is 1. The van der Waals surface area contributed by atoms with Gasteiger partial charge in [0.25, 0.3) is 0 Å². The molecule has 0 aromatic heterocycles. The summed E-state index contributed by atoms with van der Waals surface area (Å²) in [6, 6.07) is 0.376. The minimum absolute atomic E-state index is 0.0657. The molecule has 0 aromatic carbocycles. The maximum atomic E-state index is 12.9. The van der Waals surface area contributed by atoms with E-state index in [1.165, 1.54) is 12.8 Å². The lowest BCUT2D eigenvalue weighted by molar-refractivity contribution is -0.122. The van der Waals surface area contributed by atoms with Crippen LogP contribution >= 0.6 is 0 Å². The second kappa shape index (κ2) is 4.92. The minimum atomic E-state index is -0.732. The zero-order valence-corrected chi connectivity index (χ0v) is 9.04. The maximum Gasteiger partial charge on any atom is 0.234 e. The summed E-state index contributed by atoms with van der Waals surface area (Å²) in [7, 11) is 0. The largest absolute Gasteiger partial charge is 0.352 e. The quantitative estimate of drug-likeness (QED) is 0.762. The van der Waals surface area contributed by atoms with Gasteiger partial charge >= 0.3 is 0 Å². The molecule has 0 bridgehead atoms. The third-order valence-electron chi connectivity index (χ3n) is 3.30. The highest BCUT2D eigenvalue weighted by molar-refractivity contribution is 5.78. The molecule has 2 aliphatic rings. The fraction of sp³-hybridized carbons (Fsp3) is 0.909. The van der Waals surface area contributed by atoms with Crippen LogP contribution in [0.2, 0.25) is 0 Å². The Morgan fingerprint density at radius 1 is 1.33 bits per heavy atom. The van der Waals surface area contributed by atoms with Crippen molar-refractivity contribution in [3.8, 4) is 0 Å². The van der Waals surface area contributed by atoms with Gasteiger partial charge in [-0.15, -0.1) is 0 Å². The summed E-state index contributed by atoms with van der Waals surface area (Å²) in [4.78, 5) is 13.5. The molecular weight excluding hydrogens is 195 g/mol. The van der Waals surface area contributed by atoms with Gasteiger partial charge in [0.1, 0.15) is 6.17 Å². The Balaban J connectivity index is 1.67. The van der Waals surface area contributed by atoms with Crippen LogP contribution in [0.1, 0.15) is 32.1 Å². The number of nitrogens with one attached hydrogen (secondary N) is 1. The highest BCUT2D eigenvalue weighted by Crippen LogP contribution is 2.17.